The Morgan fingerprint density at radius 3 is 1.45 bits per heavy atom. The lowest BCUT2D eigenvalue weighted by atomic mass is 9.72. The van der Waals surface area contributed by atoms with E-state index in [1.165, 1.54) is 36.4 Å². The van der Waals surface area contributed by atoms with E-state index in [1.807, 2.05) is 0 Å². The molecule has 0 saturated carbocycles. The van der Waals surface area contributed by atoms with Crippen LogP contribution < -0.4 is 15.5 Å². The van der Waals surface area contributed by atoms with E-state index in [4.69, 9.17) is 0 Å². The van der Waals surface area contributed by atoms with Crippen molar-refractivity contribution in [3.05, 3.63) is 113 Å². The maximum Gasteiger partial charge on any atom is 0.411 e. The fourth-order valence-electron chi connectivity index (χ4n) is 5.27. The van der Waals surface area contributed by atoms with Crippen LogP contribution in [0.3, 0.4) is 0 Å². The van der Waals surface area contributed by atoms with Crippen molar-refractivity contribution in [2.45, 2.75) is 38.5 Å². The number of anilines is 3. The molecule has 4 aromatic rings. The molecule has 9 nitrogen and oxygen atoms in total. The summed E-state index contributed by atoms with van der Waals surface area (Å²) in [5, 5.41) is 25.0. The lowest BCUT2D eigenvalue weighted by Gasteiger charge is -2.38. The Bertz CT molecular complexity index is 1930. The first-order chi connectivity index (χ1) is 22.8. The van der Waals surface area contributed by atoms with Gasteiger partial charge in [-0.15, -0.1) is 0 Å². The molecule has 0 unspecified atom stereocenters. The van der Waals surface area contributed by atoms with Gasteiger partial charge in [-0.05, 0) is 72.6 Å². The lowest BCUT2D eigenvalue weighted by Crippen LogP contribution is -2.54. The molecule has 0 radical (unpaired) electrons. The van der Waals surface area contributed by atoms with E-state index in [9.17, 15) is 55.7 Å². The van der Waals surface area contributed by atoms with Crippen molar-refractivity contribution in [2.75, 3.05) is 15.5 Å². The number of phenolic OH excluding ortho intramolecular Hbond substituents is 2. The molecule has 0 aromatic heterocycles. The first-order valence-corrected chi connectivity index (χ1v) is 14.2. The molecule has 49 heavy (non-hydrogen) atoms. The van der Waals surface area contributed by atoms with Gasteiger partial charge in [-0.1, -0.05) is 35.9 Å². The average molecular weight is 688 g/mol. The molecule has 0 aliphatic rings. The van der Waals surface area contributed by atoms with Gasteiger partial charge in [0.15, 0.2) is 0 Å². The number of aromatic hydroxyl groups is 2. The number of amides is 4. The van der Waals surface area contributed by atoms with Gasteiger partial charge in [0.1, 0.15) is 11.5 Å². The topological polar surface area (TPSA) is 136 Å². The van der Waals surface area contributed by atoms with Gasteiger partial charge >= 0.3 is 12.4 Å². The predicted octanol–water partition coefficient (Wildman–Crippen LogP) is 7.22. The van der Waals surface area contributed by atoms with Crippen LogP contribution in [-0.2, 0) is 15.0 Å². The smallest absolute Gasteiger partial charge is 0.411 e. The molecule has 4 amide bonds. The third-order valence-electron chi connectivity index (χ3n) is 7.48. The summed E-state index contributed by atoms with van der Waals surface area (Å²) in [6, 6.07) is 13.3. The second-order valence-electron chi connectivity index (χ2n) is 10.9. The Balaban J connectivity index is 1.82. The summed E-state index contributed by atoms with van der Waals surface area (Å²) in [7, 11) is 0. The van der Waals surface area contributed by atoms with Crippen molar-refractivity contribution in [3.63, 3.8) is 0 Å². The highest BCUT2D eigenvalue weighted by Crippen LogP contribution is 2.57. The first kappa shape index (κ1) is 36.0. The van der Waals surface area contributed by atoms with E-state index in [0.717, 1.165) is 24.8 Å². The summed E-state index contributed by atoms with van der Waals surface area (Å²) < 4.78 is 89.9. The number of carbonyl (C=O) groups excluding carboxylic acids is 4. The predicted molar refractivity (Wildman–Crippen MR) is 166 cm³/mol. The zero-order chi connectivity index (χ0) is 36.5. The molecule has 0 aliphatic carbocycles. The molecular weight excluding hydrogens is 660 g/mol. The number of carbonyl (C=O) groups is 4. The van der Waals surface area contributed by atoms with Crippen LogP contribution in [0.5, 0.6) is 11.5 Å². The number of benzene rings is 4. The van der Waals surface area contributed by atoms with Gasteiger partial charge in [-0.25, -0.2) is 0 Å². The Morgan fingerprint density at radius 1 is 0.612 bits per heavy atom. The monoisotopic (exact) mass is 687 g/mol. The fraction of sp³-hybridized carbons (Fsp3) is 0.176. The maximum atomic E-state index is 15.0. The molecule has 4 aromatic carbocycles. The minimum absolute atomic E-state index is 0.0162. The van der Waals surface area contributed by atoms with Crippen LogP contribution in [0.15, 0.2) is 84.9 Å². The zero-order valence-corrected chi connectivity index (χ0v) is 25.8. The molecule has 4 N–H and O–H groups in total. The Kier molecular flexibility index (Phi) is 9.79. The standard InChI is InChI=1S/C34H27F6N3O6/c1-18-6-4-7-21(14-18)30(48)41-26-16-23(10-12-28(26)46)32(33(35,36)37,34(38,39)40)24-11-13-29(47)27(17-24)42-31(49)22-8-5-9-25(15-22)43(19(2)44)20(3)45/h4-17,46-47H,1-3H3,(H,41,48)(H,42,49). The van der Waals surface area contributed by atoms with Crippen LogP contribution in [0.2, 0.25) is 0 Å². The van der Waals surface area contributed by atoms with Gasteiger partial charge in [0.2, 0.25) is 17.2 Å². The fourth-order valence-corrected chi connectivity index (χ4v) is 5.27. The molecule has 4 rings (SSSR count). The summed E-state index contributed by atoms with van der Waals surface area (Å²) in [4.78, 5) is 50.5. The highest BCUT2D eigenvalue weighted by molar-refractivity contribution is 6.14. The summed E-state index contributed by atoms with van der Waals surface area (Å²) in [5.41, 5.74) is -8.99. The van der Waals surface area contributed by atoms with Gasteiger partial charge < -0.3 is 20.8 Å². The third-order valence-corrected chi connectivity index (χ3v) is 7.48. The van der Waals surface area contributed by atoms with E-state index in [2.05, 4.69) is 10.6 Å². The number of nitrogens with zero attached hydrogens (tertiary/aromatic N) is 1. The van der Waals surface area contributed by atoms with Crippen LogP contribution in [0.1, 0.15) is 51.3 Å². The molecule has 0 aliphatic heterocycles. The molecule has 0 fully saturated rings. The molecule has 0 saturated heterocycles. The molecule has 0 bridgehead atoms. The summed E-state index contributed by atoms with van der Waals surface area (Å²) in [6.07, 6.45) is -12.2. The molecule has 0 heterocycles. The van der Waals surface area contributed by atoms with Crippen LogP contribution >= 0.6 is 0 Å². The van der Waals surface area contributed by atoms with Crippen molar-refractivity contribution in [3.8, 4) is 11.5 Å². The average Bonchev–Trinajstić information content (AvgIpc) is 2.99. The number of phenols is 2. The van der Waals surface area contributed by atoms with Crippen LogP contribution in [0, 0.1) is 6.92 Å². The van der Waals surface area contributed by atoms with Crippen molar-refractivity contribution < 1.29 is 55.7 Å². The number of hydrogen-bond acceptors (Lipinski definition) is 6. The van der Waals surface area contributed by atoms with E-state index >= 15 is 0 Å². The molecule has 0 atom stereocenters. The van der Waals surface area contributed by atoms with Crippen molar-refractivity contribution >= 4 is 40.7 Å². The minimum atomic E-state index is -6.12. The number of nitrogens with one attached hydrogen (secondary N) is 2. The lowest BCUT2D eigenvalue weighted by molar-refractivity contribution is -0.288. The Morgan fingerprint density at radius 2 is 1.04 bits per heavy atom. The maximum absolute atomic E-state index is 15.0. The van der Waals surface area contributed by atoms with E-state index in [0.29, 0.717) is 42.0 Å². The van der Waals surface area contributed by atoms with Crippen LogP contribution in [0.25, 0.3) is 0 Å². The number of alkyl halides is 6. The Labute approximate surface area is 274 Å². The molecular formula is C34H27F6N3O6. The second kappa shape index (κ2) is 13.3. The molecule has 0 spiro atoms. The largest absolute Gasteiger partial charge is 0.506 e. The van der Waals surface area contributed by atoms with Crippen LogP contribution in [-0.4, -0.2) is 46.2 Å². The SMILES string of the molecule is CC(=O)N(C(C)=O)c1cccc(C(=O)Nc2cc(C(c3ccc(O)c(NC(=O)c4cccc(C)c4)c3)(C(F)(F)F)C(F)(F)F)ccc2O)c1. The third kappa shape index (κ3) is 7.05. The first-order valence-electron chi connectivity index (χ1n) is 14.2. The van der Waals surface area contributed by atoms with E-state index in [1.54, 1.807) is 13.0 Å². The second-order valence-corrected chi connectivity index (χ2v) is 10.9. The quantitative estimate of drug-likeness (QED) is 0.120. The van der Waals surface area contributed by atoms with Gasteiger partial charge in [0.25, 0.3) is 11.8 Å². The summed E-state index contributed by atoms with van der Waals surface area (Å²) >= 11 is 0. The number of aryl methyl sites for hydroxylation is 1. The number of halogens is 6. The highest BCUT2D eigenvalue weighted by Gasteiger charge is 2.72. The number of rotatable bonds is 7. The van der Waals surface area contributed by atoms with Crippen LogP contribution in [0.4, 0.5) is 43.4 Å². The van der Waals surface area contributed by atoms with E-state index in [-0.39, 0.29) is 16.8 Å². The van der Waals surface area contributed by atoms with Crippen molar-refractivity contribution in [1.82, 2.24) is 0 Å². The highest BCUT2D eigenvalue weighted by atomic mass is 19.4. The van der Waals surface area contributed by atoms with Gasteiger partial charge in [0, 0.05) is 25.0 Å². The van der Waals surface area contributed by atoms with Gasteiger partial charge in [-0.2, -0.15) is 26.3 Å². The Hall–Kier alpha value is -5.86. The zero-order valence-electron chi connectivity index (χ0n) is 25.8. The van der Waals surface area contributed by atoms with Crippen molar-refractivity contribution in [2.24, 2.45) is 0 Å². The van der Waals surface area contributed by atoms with Gasteiger partial charge in [0.05, 0.1) is 17.1 Å². The molecule has 256 valence electrons. The minimum Gasteiger partial charge on any atom is -0.506 e. The molecule has 15 heteroatoms. The normalized spacial score (nSPS) is 11.9. The number of imide groups is 1. The van der Waals surface area contributed by atoms with Gasteiger partial charge in [-0.3, -0.25) is 24.1 Å². The van der Waals surface area contributed by atoms with E-state index < -0.39 is 75.4 Å². The number of hydrogen-bond donors (Lipinski definition) is 4. The summed E-state index contributed by atoms with van der Waals surface area (Å²) in [6.45, 7) is 3.82. The summed E-state index contributed by atoms with van der Waals surface area (Å²) in [5.74, 6) is -5.14. The van der Waals surface area contributed by atoms with Crippen molar-refractivity contribution in [1.29, 1.82) is 0 Å².